The van der Waals surface area contributed by atoms with Crippen molar-refractivity contribution in [1.29, 1.82) is 0 Å². The number of nitrogens with zero attached hydrogens (tertiary/aromatic N) is 1. The van der Waals surface area contributed by atoms with Crippen LogP contribution in [0, 0.1) is 0 Å². The van der Waals surface area contributed by atoms with Crippen LogP contribution >= 0.6 is 0 Å². The summed E-state index contributed by atoms with van der Waals surface area (Å²) >= 11 is 0. The molecule has 0 spiro atoms. The molecule has 1 aliphatic heterocycles. The zero-order chi connectivity index (χ0) is 12.6. The molecule has 1 heterocycles. The van der Waals surface area contributed by atoms with E-state index in [1.165, 1.54) is 25.9 Å². The number of ether oxygens (including phenoxy) is 2. The van der Waals surface area contributed by atoms with Crippen LogP contribution in [0.3, 0.4) is 0 Å². The standard InChI is InChI=1S/C15H23NO2/c1-2-17-14-8-3-4-9-15(14)18-13-7-12-16-10-5-6-11-16/h3-4,8-9H,2,5-7,10-13H2,1H3. The zero-order valence-electron chi connectivity index (χ0n) is 11.2. The molecule has 0 atom stereocenters. The van der Waals surface area contributed by atoms with Gasteiger partial charge in [-0.3, -0.25) is 0 Å². The normalized spacial score (nSPS) is 15.8. The third-order valence-corrected chi connectivity index (χ3v) is 3.22. The average Bonchev–Trinajstić information content (AvgIpc) is 2.90. The van der Waals surface area contributed by atoms with Crippen LogP contribution in [0.1, 0.15) is 26.2 Å². The van der Waals surface area contributed by atoms with Crippen LogP contribution in [-0.4, -0.2) is 37.7 Å². The largest absolute Gasteiger partial charge is 0.490 e. The van der Waals surface area contributed by atoms with Crippen molar-refractivity contribution in [3.05, 3.63) is 24.3 Å². The van der Waals surface area contributed by atoms with Gasteiger partial charge in [0.15, 0.2) is 11.5 Å². The van der Waals surface area contributed by atoms with Crippen molar-refractivity contribution in [3.63, 3.8) is 0 Å². The Morgan fingerprint density at radius 2 is 1.72 bits per heavy atom. The summed E-state index contributed by atoms with van der Waals surface area (Å²) in [7, 11) is 0. The third-order valence-electron chi connectivity index (χ3n) is 3.22. The third kappa shape index (κ3) is 3.91. The van der Waals surface area contributed by atoms with E-state index in [0.29, 0.717) is 6.61 Å². The summed E-state index contributed by atoms with van der Waals surface area (Å²) in [6, 6.07) is 7.89. The molecule has 1 fully saturated rings. The van der Waals surface area contributed by atoms with E-state index in [2.05, 4.69) is 4.90 Å². The van der Waals surface area contributed by atoms with Gasteiger partial charge in [-0.2, -0.15) is 0 Å². The Bertz CT molecular complexity index is 348. The van der Waals surface area contributed by atoms with E-state index >= 15 is 0 Å². The lowest BCUT2D eigenvalue weighted by Crippen LogP contribution is -2.21. The van der Waals surface area contributed by atoms with Crippen molar-refractivity contribution in [2.75, 3.05) is 32.8 Å². The molecular weight excluding hydrogens is 226 g/mol. The molecule has 0 unspecified atom stereocenters. The topological polar surface area (TPSA) is 21.7 Å². The molecule has 3 heteroatoms. The first-order chi connectivity index (χ1) is 8.90. The maximum absolute atomic E-state index is 5.80. The molecule has 0 saturated carbocycles. The van der Waals surface area contributed by atoms with Crippen LogP contribution < -0.4 is 9.47 Å². The number of para-hydroxylation sites is 2. The molecule has 1 aliphatic rings. The molecular formula is C15H23NO2. The van der Waals surface area contributed by atoms with E-state index in [-0.39, 0.29) is 0 Å². The van der Waals surface area contributed by atoms with Gasteiger partial charge in [-0.1, -0.05) is 12.1 Å². The number of hydrogen-bond acceptors (Lipinski definition) is 3. The Labute approximate surface area is 110 Å². The molecule has 100 valence electrons. The van der Waals surface area contributed by atoms with Crippen molar-refractivity contribution in [2.45, 2.75) is 26.2 Å². The minimum absolute atomic E-state index is 0.675. The van der Waals surface area contributed by atoms with Crippen molar-refractivity contribution < 1.29 is 9.47 Å². The molecule has 1 saturated heterocycles. The fraction of sp³-hybridized carbons (Fsp3) is 0.600. The second-order valence-corrected chi connectivity index (χ2v) is 4.63. The maximum Gasteiger partial charge on any atom is 0.161 e. The Balaban J connectivity index is 1.72. The van der Waals surface area contributed by atoms with Gasteiger partial charge in [-0.25, -0.2) is 0 Å². The summed E-state index contributed by atoms with van der Waals surface area (Å²) in [5.74, 6) is 1.71. The first-order valence-electron chi connectivity index (χ1n) is 6.97. The predicted molar refractivity (Wildman–Crippen MR) is 73.4 cm³/mol. The average molecular weight is 249 g/mol. The summed E-state index contributed by atoms with van der Waals surface area (Å²) in [6.45, 7) is 7.10. The van der Waals surface area contributed by atoms with Gasteiger partial charge in [0.05, 0.1) is 13.2 Å². The summed E-state index contributed by atoms with van der Waals surface area (Å²) in [5, 5.41) is 0. The van der Waals surface area contributed by atoms with E-state index in [9.17, 15) is 0 Å². The molecule has 0 N–H and O–H groups in total. The predicted octanol–water partition coefficient (Wildman–Crippen LogP) is 2.95. The zero-order valence-corrected chi connectivity index (χ0v) is 11.2. The quantitative estimate of drug-likeness (QED) is 0.693. The highest BCUT2D eigenvalue weighted by Gasteiger charge is 2.10. The van der Waals surface area contributed by atoms with Crippen molar-refractivity contribution >= 4 is 0 Å². The van der Waals surface area contributed by atoms with Gasteiger partial charge in [-0.05, 0) is 51.4 Å². The highest BCUT2D eigenvalue weighted by Crippen LogP contribution is 2.26. The van der Waals surface area contributed by atoms with Crippen molar-refractivity contribution in [1.82, 2.24) is 4.90 Å². The van der Waals surface area contributed by atoms with Gasteiger partial charge < -0.3 is 14.4 Å². The van der Waals surface area contributed by atoms with Crippen LogP contribution in [0.4, 0.5) is 0 Å². The summed E-state index contributed by atoms with van der Waals surface area (Å²) < 4.78 is 11.3. The number of hydrogen-bond donors (Lipinski definition) is 0. The molecule has 18 heavy (non-hydrogen) atoms. The van der Waals surface area contributed by atoms with Gasteiger partial charge >= 0.3 is 0 Å². The summed E-state index contributed by atoms with van der Waals surface area (Å²) in [5.41, 5.74) is 0. The lowest BCUT2D eigenvalue weighted by Gasteiger charge is -2.15. The highest BCUT2D eigenvalue weighted by molar-refractivity contribution is 5.39. The van der Waals surface area contributed by atoms with Gasteiger partial charge in [0.2, 0.25) is 0 Å². The summed E-state index contributed by atoms with van der Waals surface area (Å²) in [4.78, 5) is 2.51. The maximum atomic E-state index is 5.80. The fourth-order valence-electron chi connectivity index (χ4n) is 2.32. The van der Waals surface area contributed by atoms with Crippen LogP contribution in [0.15, 0.2) is 24.3 Å². The smallest absolute Gasteiger partial charge is 0.161 e. The highest BCUT2D eigenvalue weighted by atomic mass is 16.5. The van der Waals surface area contributed by atoms with E-state index < -0.39 is 0 Å². The number of benzene rings is 1. The monoisotopic (exact) mass is 249 g/mol. The lowest BCUT2D eigenvalue weighted by atomic mass is 10.3. The molecule has 0 aliphatic carbocycles. The molecule has 3 nitrogen and oxygen atoms in total. The van der Waals surface area contributed by atoms with Gasteiger partial charge in [-0.15, -0.1) is 0 Å². The fourth-order valence-corrected chi connectivity index (χ4v) is 2.32. The molecule has 1 aromatic carbocycles. The minimum atomic E-state index is 0.675. The minimum Gasteiger partial charge on any atom is -0.490 e. The Morgan fingerprint density at radius 3 is 2.39 bits per heavy atom. The van der Waals surface area contributed by atoms with Crippen molar-refractivity contribution in [3.8, 4) is 11.5 Å². The lowest BCUT2D eigenvalue weighted by molar-refractivity contribution is 0.248. The van der Waals surface area contributed by atoms with Crippen LogP contribution in [0.25, 0.3) is 0 Å². The Morgan fingerprint density at radius 1 is 1.06 bits per heavy atom. The first-order valence-corrected chi connectivity index (χ1v) is 6.97. The molecule has 0 amide bonds. The molecule has 1 aromatic rings. The van der Waals surface area contributed by atoms with E-state index in [1.54, 1.807) is 0 Å². The van der Waals surface area contributed by atoms with Crippen LogP contribution in [-0.2, 0) is 0 Å². The van der Waals surface area contributed by atoms with Crippen LogP contribution in [0.5, 0.6) is 11.5 Å². The Hall–Kier alpha value is -1.22. The second kappa shape index (κ2) is 7.27. The number of rotatable bonds is 7. The van der Waals surface area contributed by atoms with Gasteiger partial charge in [0, 0.05) is 6.54 Å². The molecule has 0 bridgehead atoms. The van der Waals surface area contributed by atoms with E-state index in [1.807, 2.05) is 31.2 Å². The van der Waals surface area contributed by atoms with Crippen molar-refractivity contribution in [2.24, 2.45) is 0 Å². The van der Waals surface area contributed by atoms with E-state index in [0.717, 1.165) is 31.1 Å². The molecule has 0 aromatic heterocycles. The molecule has 2 rings (SSSR count). The van der Waals surface area contributed by atoms with Gasteiger partial charge in [0.25, 0.3) is 0 Å². The second-order valence-electron chi connectivity index (χ2n) is 4.63. The molecule has 0 radical (unpaired) electrons. The summed E-state index contributed by atoms with van der Waals surface area (Å²) in [6.07, 6.45) is 3.79. The first kappa shape index (κ1) is 13.2. The van der Waals surface area contributed by atoms with Crippen LogP contribution in [0.2, 0.25) is 0 Å². The van der Waals surface area contributed by atoms with Gasteiger partial charge in [0.1, 0.15) is 0 Å². The SMILES string of the molecule is CCOc1ccccc1OCCCN1CCCC1. The van der Waals surface area contributed by atoms with E-state index in [4.69, 9.17) is 9.47 Å². The Kier molecular flexibility index (Phi) is 5.34. The number of likely N-dealkylation sites (tertiary alicyclic amines) is 1.